The number of carbonyl (C=O) groups excluding carboxylic acids is 2. The normalized spacial score (nSPS) is 16.8. The maximum absolute atomic E-state index is 11.8. The molecule has 0 saturated carbocycles. The molecule has 1 aromatic carbocycles. The van der Waals surface area contributed by atoms with Gasteiger partial charge in [-0.2, -0.15) is 0 Å². The molecule has 78 valence electrons. The zero-order valence-corrected chi connectivity index (χ0v) is 8.30. The Morgan fingerprint density at radius 2 is 1.67 bits per heavy atom. The summed E-state index contributed by atoms with van der Waals surface area (Å²) in [6.45, 7) is 1.72. The molecular formula is C11H11NO3. The molecule has 1 unspecified atom stereocenters. The Bertz CT molecular complexity index is 393. The molecule has 0 aromatic heterocycles. The third-order valence-corrected chi connectivity index (χ3v) is 2.49. The highest BCUT2D eigenvalue weighted by Gasteiger charge is 2.38. The van der Waals surface area contributed by atoms with Crippen LogP contribution in [0.1, 0.15) is 34.1 Å². The number of rotatable bonds is 2. The van der Waals surface area contributed by atoms with E-state index in [-0.39, 0.29) is 0 Å². The molecule has 2 rings (SSSR count). The molecule has 1 atom stereocenters. The largest absolute Gasteiger partial charge is 0.373 e. The van der Waals surface area contributed by atoms with Gasteiger partial charge in [0.1, 0.15) is 6.23 Å². The molecule has 15 heavy (non-hydrogen) atoms. The van der Waals surface area contributed by atoms with E-state index in [9.17, 15) is 14.7 Å². The quantitative estimate of drug-likeness (QED) is 0.733. The van der Waals surface area contributed by atoms with Gasteiger partial charge in [0.15, 0.2) is 0 Å². The summed E-state index contributed by atoms with van der Waals surface area (Å²) in [5, 5.41) is 9.55. The van der Waals surface area contributed by atoms with E-state index >= 15 is 0 Å². The molecule has 0 aliphatic carbocycles. The van der Waals surface area contributed by atoms with Crippen molar-refractivity contribution in [3.63, 3.8) is 0 Å². The summed E-state index contributed by atoms with van der Waals surface area (Å²) >= 11 is 0. The lowest BCUT2D eigenvalue weighted by atomic mass is 10.1. The van der Waals surface area contributed by atoms with Gasteiger partial charge in [0.2, 0.25) is 0 Å². The van der Waals surface area contributed by atoms with E-state index in [0.717, 1.165) is 4.90 Å². The van der Waals surface area contributed by atoms with Gasteiger partial charge in [-0.3, -0.25) is 9.59 Å². The van der Waals surface area contributed by atoms with Crippen LogP contribution in [0.3, 0.4) is 0 Å². The molecule has 4 heteroatoms. The number of aliphatic hydroxyl groups is 1. The first kappa shape index (κ1) is 9.86. The van der Waals surface area contributed by atoms with Crippen molar-refractivity contribution in [1.29, 1.82) is 0 Å². The number of benzene rings is 1. The topological polar surface area (TPSA) is 57.6 Å². The van der Waals surface area contributed by atoms with Crippen molar-refractivity contribution in [2.24, 2.45) is 0 Å². The van der Waals surface area contributed by atoms with Gasteiger partial charge in [-0.05, 0) is 18.6 Å². The fourth-order valence-electron chi connectivity index (χ4n) is 1.66. The van der Waals surface area contributed by atoms with E-state index in [2.05, 4.69) is 0 Å². The summed E-state index contributed by atoms with van der Waals surface area (Å²) in [5.74, 6) is -0.824. The van der Waals surface area contributed by atoms with Crippen molar-refractivity contribution in [3.8, 4) is 0 Å². The minimum absolute atomic E-state index is 0.339. The van der Waals surface area contributed by atoms with Crippen LogP contribution in [0.4, 0.5) is 0 Å². The molecule has 0 spiro atoms. The molecule has 4 nitrogen and oxygen atoms in total. The maximum atomic E-state index is 11.8. The van der Waals surface area contributed by atoms with Gasteiger partial charge < -0.3 is 5.11 Å². The summed E-state index contributed by atoms with van der Waals surface area (Å²) in [7, 11) is 0. The fourth-order valence-corrected chi connectivity index (χ4v) is 1.66. The first-order valence-corrected chi connectivity index (χ1v) is 4.81. The van der Waals surface area contributed by atoms with Crippen molar-refractivity contribution in [1.82, 2.24) is 4.90 Å². The average molecular weight is 205 g/mol. The van der Waals surface area contributed by atoms with Crippen LogP contribution < -0.4 is 0 Å². The van der Waals surface area contributed by atoms with E-state index in [4.69, 9.17) is 0 Å². The zero-order chi connectivity index (χ0) is 11.0. The van der Waals surface area contributed by atoms with E-state index in [0.29, 0.717) is 17.5 Å². The second-order valence-corrected chi connectivity index (χ2v) is 3.41. The predicted molar refractivity (Wildman–Crippen MR) is 53.2 cm³/mol. The van der Waals surface area contributed by atoms with Gasteiger partial charge >= 0.3 is 0 Å². The maximum Gasteiger partial charge on any atom is 0.263 e. The van der Waals surface area contributed by atoms with Gasteiger partial charge in [-0.1, -0.05) is 19.1 Å². The number of nitrogens with zero attached hydrogens (tertiary/aromatic N) is 1. The van der Waals surface area contributed by atoms with E-state index in [1.165, 1.54) is 0 Å². The molecule has 0 saturated heterocycles. The van der Waals surface area contributed by atoms with Crippen molar-refractivity contribution in [2.75, 3.05) is 0 Å². The third kappa shape index (κ3) is 1.34. The summed E-state index contributed by atoms with van der Waals surface area (Å²) in [5.41, 5.74) is 0.741. The lowest BCUT2D eigenvalue weighted by molar-refractivity contribution is 0.0126. The number of imide groups is 1. The summed E-state index contributed by atoms with van der Waals surface area (Å²) in [4.78, 5) is 24.4. The molecule has 0 bridgehead atoms. The van der Waals surface area contributed by atoms with E-state index in [1.807, 2.05) is 0 Å². The smallest absolute Gasteiger partial charge is 0.263 e. The molecular weight excluding hydrogens is 194 g/mol. The van der Waals surface area contributed by atoms with Gasteiger partial charge in [-0.25, -0.2) is 4.90 Å². The number of hydrogen-bond acceptors (Lipinski definition) is 3. The fraction of sp³-hybridized carbons (Fsp3) is 0.273. The summed E-state index contributed by atoms with van der Waals surface area (Å²) < 4.78 is 0. The van der Waals surface area contributed by atoms with Crippen LogP contribution in [-0.2, 0) is 0 Å². The Hall–Kier alpha value is -1.68. The van der Waals surface area contributed by atoms with E-state index in [1.54, 1.807) is 31.2 Å². The molecule has 1 aliphatic heterocycles. The van der Waals surface area contributed by atoms with Crippen LogP contribution in [0.5, 0.6) is 0 Å². The van der Waals surface area contributed by atoms with Gasteiger partial charge in [-0.15, -0.1) is 0 Å². The van der Waals surface area contributed by atoms with Gasteiger partial charge in [0, 0.05) is 0 Å². The lowest BCUT2D eigenvalue weighted by Gasteiger charge is -2.19. The van der Waals surface area contributed by atoms with Crippen molar-refractivity contribution in [2.45, 2.75) is 19.6 Å². The number of fused-ring (bicyclic) bond motifs is 1. The lowest BCUT2D eigenvalue weighted by Crippen LogP contribution is -2.39. The van der Waals surface area contributed by atoms with Gasteiger partial charge in [0.05, 0.1) is 11.1 Å². The van der Waals surface area contributed by atoms with Crippen LogP contribution in [-0.4, -0.2) is 28.0 Å². The van der Waals surface area contributed by atoms with Crippen LogP contribution in [0.15, 0.2) is 24.3 Å². The van der Waals surface area contributed by atoms with Crippen molar-refractivity contribution in [3.05, 3.63) is 35.4 Å². The minimum atomic E-state index is -1.03. The Labute approximate surface area is 87.1 Å². The molecule has 1 aliphatic rings. The molecule has 0 radical (unpaired) electrons. The average Bonchev–Trinajstić information content (AvgIpc) is 2.52. The number of amides is 2. The molecule has 1 heterocycles. The Morgan fingerprint density at radius 1 is 1.20 bits per heavy atom. The zero-order valence-electron chi connectivity index (χ0n) is 8.30. The van der Waals surface area contributed by atoms with Crippen molar-refractivity contribution >= 4 is 11.8 Å². The molecule has 1 aromatic rings. The summed E-state index contributed by atoms with van der Waals surface area (Å²) in [6.07, 6.45) is -0.691. The van der Waals surface area contributed by atoms with Crippen LogP contribution in [0.2, 0.25) is 0 Å². The van der Waals surface area contributed by atoms with Crippen LogP contribution in [0.25, 0.3) is 0 Å². The first-order chi connectivity index (χ1) is 7.16. The van der Waals surface area contributed by atoms with Gasteiger partial charge in [0.25, 0.3) is 11.8 Å². The number of aliphatic hydroxyl groups excluding tert-OH is 1. The minimum Gasteiger partial charge on any atom is -0.373 e. The highest BCUT2D eigenvalue weighted by molar-refractivity contribution is 6.21. The Morgan fingerprint density at radius 3 is 2.07 bits per heavy atom. The highest BCUT2D eigenvalue weighted by atomic mass is 16.3. The monoisotopic (exact) mass is 205 g/mol. The standard InChI is InChI=1S/C11H11NO3/c1-2-9(13)12-10(14)7-5-3-4-6-8(7)11(12)15/h3-6,9,13H,2H2,1H3. The summed E-state index contributed by atoms with van der Waals surface area (Å²) in [6, 6.07) is 6.59. The Kier molecular flexibility index (Phi) is 2.28. The van der Waals surface area contributed by atoms with Crippen LogP contribution >= 0.6 is 0 Å². The second kappa shape index (κ2) is 3.47. The third-order valence-electron chi connectivity index (χ3n) is 2.49. The second-order valence-electron chi connectivity index (χ2n) is 3.41. The molecule has 1 N–H and O–H groups in total. The number of carbonyl (C=O) groups is 2. The molecule has 2 amide bonds. The predicted octanol–water partition coefficient (Wildman–Crippen LogP) is 1.01. The number of hydrogen-bond donors (Lipinski definition) is 1. The SMILES string of the molecule is CCC(O)N1C(=O)c2ccccc2C1=O. The van der Waals surface area contributed by atoms with E-state index < -0.39 is 18.0 Å². The first-order valence-electron chi connectivity index (χ1n) is 4.81. The highest BCUT2D eigenvalue weighted by Crippen LogP contribution is 2.24. The Balaban J connectivity index is 2.45. The molecule has 0 fully saturated rings. The van der Waals surface area contributed by atoms with Crippen LogP contribution in [0, 0.1) is 0 Å². The van der Waals surface area contributed by atoms with Crippen molar-refractivity contribution < 1.29 is 14.7 Å².